The van der Waals surface area contributed by atoms with Crippen molar-refractivity contribution >= 4 is 17.1 Å². The molecule has 0 aromatic heterocycles. The molecule has 0 bridgehead atoms. The summed E-state index contributed by atoms with van der Waals surface area (Å²) >= 11 is 0. The smallest absolute Gasteiger partial charge is 0.292 e. The zero-order chi connectivity index (χ0) is 38.5. The molecule has 1 aliphatic carbocycles. The Bertz CT molecular complexity index is 2490. The van der Waals surface area contributed by atoms with E-state index in [0.29, 0.717) is 5.69 Å². The molecule has 55 heavy (non-hydrogen) atoms. The Morgan fingerprint density at radius 2 is 1.00 bits per heavy atom. The van der Waals surface area contributed by atoms with Gasteiger partial charge in [0.05, 0.1) is 16.0 Å². The van der Waals surface area contributed by atoms with Gasteiger partial charge in [-0.2, -0.15) is 0 Å². The highest BCUT2D eigenvalue weighted by molar-refractivity contribution is 5.96. The van der Waals surface area contributed by atoms with Gasteiger partial charge in [-0.1, -0.05) is 187 Å². The maximum atomic E-state index is 12.4. The second-order valence-corrected chi connectivity index (χ2v) is 16.7. The quantitative estimate of drug-likeness (QED) is 0.132. The van der Waals surface area contributed by atoms with Gasteiger partial charge in [0.15, 0.2) is 0 Å². The lowest BCUT2D eigenvalue weighted by molar-refractivity contribution is -0.383. The van der Waals surface area contributed by atoms with Gasteiger partial charge in [0.25, 0.3) is 5.69 Å². The van der Waals surface area contributed by atoms with Crippen LogP contribution in [0, 0.1) is 10.1 Å². The van der Waals surface area contributed by atoms with Crippen LogP contribution in [0.5, 0.6) is 0 Å². The first-order valence-corrected chi connectivity index (χ1v) is 19.0. The summed E-state index contributed by atoms with van der Waals surface area (Å²) in [4.78, 5) is 12.1. The average Bonchev–Trinajstić information content (AvgIpc) is 3.48. The van der Waals surface area contributed by atoms with E-state index in [2.05, 4.69) is 186 Å². The molecule has 4 heteroatoms. The number of rotatable bonds is 7. The highest BCUT2D eigenvalue weighted by Gasteiger charge is 2.46. The van der Waals surface area contributed by atoms with Crippen LogP contribution < -0.4 is 5.32 Å². The molecule has 8 rings (SSSR count). The molecule has 0 spiro atoms. The summed E-state index contributed by atoms with van der Waals surface area (Å²) in [6, 6.07) is 57.4. The molecule has 0 aliphatic heterocycles. The number of hydrogen-bond donors (Lipinski definition) is 1. The Balaban J connectivity index is 1.43. The Kier molecular flexibility index (Phi) is 8.81. The number of benzene rings is 7. The SMILES string of the molecule is CC(C)(C)c1cc(-c2cccc(-c3ccc4c(c3)C(c3ccccc3)(c3ccccc3)c3ccccc3-4)c2Nc2ccccc2[N+](=O)[O-])cc(C(C)(C)C)c1. The maximum absolute atomic E-state index is 12.4. The fourth-order valence-electron chi connectivity index (χ4n) is 8.30. The van der Waals surface area contributed by atoms with Gasteiger partial charge in [-0.05, 0) is 78.6 Å². The molecule has 272 valence electrons. The van der Waals surface area contributed by atoms with Crippen LogP contribution in [-0.4, -0.2) is 4.92 Å². The topological polar surface area (TPSA) is 55.2 Å². The molecule has 0 unspecified atom stereocenters. The van der Waals surface area contributed by atoms with Crippen molar-refractivity contribution in [3.05, 3.63) is 207 Å². The molecular formula is C51H46N2O2. The largest absolute Gasteiger partial charge is 0.349 e. The van der Waals surface area contributed by atoms with Crippen molar-refractivity contribution in [3.8, 4) is 33.4 Å². The van der Waals surface area contributed by atoms with Gasteiger partial charge in [0.2, 0.25) is 0 Å². The standard InChI is InChI=1S/C51H46N2O2/c1-49(2,3)38-30-35(31-39(33-38)50(4,5)6)41-24-17-23-40(48(41)52-46-26-15-16-27-47(46)53(54)55)34-28-29-43-42-22-13-14-25-44(42)51(45(43)32-34,36-18-9-7-10-19-36)37-20-11-8-12-21-37/h7-33,52H,1-6H3. The van der Waals surface area contributed by atoms with E-state index < -0.39 is 5.41 Å². The van der Waals surface area contributed by atoms with Crippen LogP contribution in [0.3, 0.4) is 0 Å². The highest BCUT2D eigenvalue weighted by Crippen LogP contribution is 2.57. The van der Waals surface area contributed by atoms with Crippen LogP contribution in [0.1, 0.15) is 74.9 Å². The minimum absolute atomic E-state index is 0.0265. The monoisotopic (exact) mass is 718 g/mol. The average molecular weight is 719 g/mol. The lowest BCUT2D eigenvalue weighted by Gasteiger charge is -2.34. The van der Waals surface area contributed by atoms with E-state index in [4.69, 9.17) is 0 Å². The second-order valence-electron chi connectivity index (χ2n) is 16.7. The molecule has 1 aliphatic rings. The van der Waals surface area contributed by atoms with Gasteiger partial charge in [0.1, 0.15) is 5.69 Å². The summed E-state index contributed by atoms with van der Waals surface area (Å²) in [5.41, 5.74) is 14.3. The molecule has 0 radical (unpaired) electrons. The second kappa shape index (κ2) is 13.5. The number of anilines is 2. The zero-order valence-corrected chi connectivity index (χ0v) is 32.4. The summed E-state index contributed by atoms with van der Waals surface area (Å²) in [5.74, 6) is 0. The molecule has 4 nitrogen and oxygen atoms in total. The van der Waals surface area contributed by atoms with Crippen molar-refractivity contribution in [1.29, 1.82) is 0 Å². The van der Waals surface area contributed by atoms with Crippen molar-refractivity contribution in [3.63, 3.8) is 0 Å². The minimum Gasteiger partial charge on any atom is -0.349 e. The highest BCUT2D eigenvalue weighted by atomic mass is 16.6. The minimum atomic E-state index is -0.559. The molecular weight excluding hydrogens is 673 g/mol. The molecule has 0 heterocycles. The van der Waals surface area contributed by atoms with Gasteiger partial charge in [-0.25, -0.2) is 0 Å². The summed E-state index contributed by atoms with van der Waals surface area (Å²) in [5, 5.41) is 16.0. The molecule has 7 aromatic carbocycles. The van der Waals surface area contributed by atoms with Gasteiger partial charge < -0.3 is 5.32 Å². The molecule has 7 aromatic rings. The van der Waals surface area contributed by atoms with E-state index in [1.165, 1.54) is 44.5 Å². The van der Waals surface area contributed by atoms with Crippen LogP contribution in [0.2, 0.25) is 0 Å². The predicted molar refractivity (Wildman–Crippen MR) is 228 cm³/mol. The number of nitrogens with zero attached hydrogens (tertiary/aromatic N) is 1. The summed E-state index contributed by atoms with van der Waals surface area (Å²) in [7, 11) is 0. The number of nitrogens with one attached hydrogen (secondary N) is 1. The summed E-state index contributed by atoms with van der Waals surface area (Å²) in [6.07, 6.45) is 0. The number of nitro groups is 1. The lowest BCUT2D eigenvalue weighted by atomic mass is 9.67. The van der Waals surface area contributed by atoms with Gasteiger partial charge in [-0.15, -0.1) is 0 Å². The zero-order valence-electron chi connectivity index (χ0n) is 32.4. The third-order valence-corrected chi connectivity index (χ3v) is 11.2. The normalized spacial score (nSPS) is 13.2. The van der Waals surface area contributed by atoms with E-state index in [9.17, 15) is 10.1 Å². The predicted octanol–water partition coefficient (Wildman–Crippen LogP) is 13.6. The third kappa shape index (κ3) is 6.22. The van der Waals surface area contributed by atoms with E-state index in [1.807, 2.05) is 6.07 Å². The summed E-state index contributed by atoms with van der Waals surface area (Å²) < 4.78 is 0. The van der Waals surface area contributed by atoms with Crippen molar-refractivity contribution in [1.82, 2.24) is 0 Å². The Morgan fingerprint density at radius 3 is 1.60 bits per heavy atom. The third-order valence-electron chi connectivity index (χ3n) is 11.2. The van der Waals surface area contributed by atoms with E-state index in [-0.39, 0.29) is 21.4 Å². The van der Waals surface area contributed by atoms with Gasteiger partial charge in [-0.3, -0.25) is 10.1 Å². The fourth-order valence-corrected chi connectivity index (χ4v) is 8.30. The van der Waals surface area contributed by atoms with Crippen LogP contribution in [0.15, 0.2) is 164 Å². The molecule has 1 N–H and O–H groups in total. The van der Waals surface area contributed by atoms with Gasteiger partial charge >= 0.3 is 0 Å². The summed E-state index contributed by atoms with van der Waals surface area (Å²) in [6.45, 7) is 13.5. The maximum Gasteiger partial charge on any atom is 0.292 e. The lowest BCUT2D eigenvalue weighted by Crippen LogP contribution is -2.28. The van der Waals surface area contributed by atoms with Crippen molar-refractivity contribution in [2.45, 2.75) is 57.8 Å². The molecule has 0 atom stereocenters. The van der Waals surface area contributed by atoms with E-state index in [0.717, 1.165) is 27.9 Å². The Morgan fingerprint density at radius 1 is 0.491 bits per heavy atom. The number of hydrogen-bond acceptors (Lipinski definition) is 3. The molecule has 0 amide bonds. The Hall–Kier alpha value is -6.26. The van der Waals surface area contributed by atoms with Crippen LogP contribution >= 0.6 is 0 Å². The van der Waals surface area contributed by atoms with Crippen LogP contribution in [0.25, 0.3) is 33.4 Å². The number of fused-ring (bicyclic) bond motifs is 3. The van der Waals surface area contributed by atoms with Crippen LogP contribution in [-0.2, 0) is 16.2 Å². The fraction of sp³-hybridized carbons (Fsp3) is 0.176. The van der Waals surface area contributed by atoms with Crippen LogP contribution in [0.4, 0.5) is 17.1 Å². The molecule has 0 fully saturated rings. The van der Waals surface area contributed by atoms with Crippen molar-refractivity contribution in [2.75, 3.05) is 5.32 Å². The number of nitro benzene ring substituents is 1. The van der Waals surface area contributed by atoms with Gasteiger partial charge in [0, 0.05) is 17.2 Å². The Labute approximate surface area is 324 Å². The first kappa shape index (κ1) is 35.8. The van der Waals surface area contributed by atoms with Crippen molar-refractivity contribution < 1.29 is 4.92 Å². The molecule has 0 saturated heterocycles. The first-order valence-electron chi connectivity index (χ1n) is 19.0. The molecule has 0 saturated carbocycles. The van der Waals surface area contributed by atoms with E-state index in [1.54, 1.807) is 18.2 Å². The first-order chi connectivity index (χ1) is 26.4. The van der Waals surface area contributed by atoms with E-state index >= 15 is 0 Å². The number of para-hydroxylation sites is 3. The van der Waals surface area contributed by atoms with Crippen molar-refractivity contribution in [2.24, 2.45) is 0 Å².